The summed E-state index contributed by atoms with van der Waals surface area (Å²) < 4.78 is 1.52. The fourth-order valence-corrected chi connectivity index (χ4v) is 1.88. The Balaban J connectivity index is 2.16. The van der Waals surface area contributed by atoms with Gasteiger partial charge in [-0.1, -0.05) is 22.0 Å². The molecule has 0 bridgehead atoms. The summed E-state index contributed by atoms with van der Waals surface area (Å²) in [5.74, 6) is 0.201. The molecule has 1 aromatic carbocycles. The molecule has 0 aliphatic rings. The van der Waals surface area contributed by atoms with Gasteiger partial charge in [-0.25, -0.2) is 9.97 Å². The fourth-order valence-electron chi connectivity index (χ4n) is 1.30. The number of benzene rings is 1. The summed E-state index contributed by atoms with van der Waals surface area (Å²) in [4.78, 5) is 20.0. The van der Waals surface area contributed by atoms with Crippen molar-refractivity contribution in [2.75, 3.05) is 5.32 Å². The molecule has 0 atom stereocenters. The lowest BCUT2D eigenvalue weighted by Gasteiger charge is -2.05. The summed E-state index contributed by atoms with van der Waals surface area (Å²) >= 11 is 6.58. The van der Waals surface area contributed by atoms with Gasteiger partial charge in [0.15, 0.2) is 5.82 Å². The molecule has 0 fully saturated rings. The predicted octanol–water partition coefficient (Wildman–Crippen LogP) is 3.56. The van der Waals surface area contributed by atoms with Gasteiger partial charge in [-0.3, -0.25) is 4.79 Å². The molecule has 6 heteroatoms. The second-order valence-electron chi connectivity index (χ2n) is 3.64. The molecule has 0 aliphatic heterocycles. The van der Waals surface area contributed by atoms with Crippen molar-refractivity contribution in [3.8, 4) is 0 Å². The SMILES string of the molecule is Cc1ccc(C(=O)Nc2cnc(Br)cn2)cc1Br. The number of amides is 1. The highest BCUT2D eigenvalue weighted by Crippen LogP contribution is 2.18. The topological polar surface area (TPSA) is 54.9 Å². The third kappa shape index (κ3) is 3.14. The first kappa shape index (κ1) is 13.2. The molecule has 0 aliphatic carbocycles. The minimum atomic E-state index is -0.215. The van der Waals surface area contributed by atoms with E-state index in [9.17, 15) is 4.79 Å². The van der Waals surface area contributed by atoms with Crippen molar-refractivity contribution >= 4 is 43.6 Å². The van der Waals surface area contributed by atoms with Crippen molar-refractivity contribution in [1.82, 2.24) is 9.97 Å². The van der Waals surface area contributed by atoms with E-state index in [1.54, 1.807) is 12.1 Å². The van der Waals surface area contributed by atoms with Gasteiger partial charge >= 0.3 is 0 Å². The maximum Gasteiger partial charge on any atom is 0.256 e. The van der Waals surface area contributed by atoms with Crippen LogP contribution in [0.2, 0.25) is 0 Å². The van der Waals surface area contributed by atoms with E-state index in [-0.39, 0.29) is 5.91 Å². The standard InChI is InChI=1S/C12H9Br2N3O/c1-7-2-3-8(4-9(7)13)12(18)17-11-6-15-10(14)5-16-11/h2-6H,1H3,(H,16,17,18). The summed E-state index contributed by atoms with van der Waals surface area (Å²) in [6.45, 7) is 1.96. The molecule has 0 spiro atoms. The molecule has 1 heterocycles. The molecule has 92 valence electrons. The molecule has 0 radical (unpaired) electrons. The smallest absolute Gasteiger partial charge is 0.256 e. The number of nitrogens with one attached hydrogen (secondary N) is 1. The number of anilines is 1. The Kier molecular flexibility index (Phi) is 4.08. The molecular weight excluding hydrogens is 362 g/mol. The summed E-state index contributed by atoms with van der Waals surface area (Å²) in [6, 6.07) is 5.42. The molecule has 1 aromatic heterocycles. The van der Waals surface area contributed by atoms with Crippen molar-refractivity contribution < 1.29 is 4.79 Å². The van der Waals surface area contributed by atoms with Crippen LogP contribution in [0.5, 0.6) is 0 Å². The van der Waals surface area contributed by atoms with Gasteiger partial charge in [0.05, 0.1) is 12.4 Å². The van der Waals surface area contributed by atoms with E-state index in [1.165, 1.54) is 12.4 Å². The molecule has 0 saturated carbocycles. The average Bonchev–Trinajstić information content (AvgIpc) is 2.35. The highest BCUT2D eigenvalue weighted by molar-refractivity contribution is 9.10. The second-order valence-corrected chi connectivity index (χ2v) is 5.31. The van der Waals surface area contributed by atoms with Crippen molar-refractivity contribution in [2.45, 2.75) is 6.92 Å². The quantitative estimate of drug-likeness (QED) is 0.879. The largest absolute Gasteiger partial charge is 0.305 e. The Morgan fingerprint density at radius 3 is 2.61 bits per heavy atom. The third-order valence-electron chi connectivity index (χ3n) is 2.30. The van der Waals surface area contributed by atoms with Gasteiger partial charge in [-0.15, -0.1) is 0 Å². The third-order valence-corrected chi connectivity index (χ3v) is 3.56. The second kappa shape index (κ2) is 5.58. The maximum atomic E-state index is 12.0. The van der Waals surface area contributed by atoms with Crippen LogP contribution in [0.3, 0.4) is 0 Å². The fraction of sp³-hybridized carbons (Fsp3) is 0.0833. The normalized spacial score (nSPS) is 10.2. The first-order valence-electron chi connectivity index (χ1n) is 5.11. The van der Waals surface area contributed by atoms with Crippen LogP contribution in [0.1, 0.15) is 15.9 Å². The van der Waals surface area contributed by atoms with Gasteiger partial charge in [-0.2, -0.15) is 0 Å². The molecule has 2 rings (SSSR count). The molecular formula is C12H9Br2N3O. The van der Waals surface area contributed by atoms with Crippen LogP contribution in [-0.4, -0.2) is 15.9 Å². The Bertz CT molecular complexity index is 584. The van der Waals surface area contributed by atoms with Crippen LogP contribution in [-0.2, 0) is 0 Å². The first-order valence-corrected chi connectivity index (χ1v) is 6.70. The molecule has 0 saturated heterocycles. The summed E-state index contributed by atoms with van der Waals surface area (Å²) in [5.41, 5.74) is 1.65. The van der Waals surface area contributed by atoms with Gasteiger partial charge < -0.3 is 5.32 Å². The predicted molar refractivity (Wildman–Crippen MR) is 76.6 cm³/mol. The Labute approximate surface area is 121 Å². The van der Waals surface area contributed by atoms with Crippen LogP contribution >= 0.6 is 31.9 Å². The van der Waals surface area contributed by atoms with E-state index in [2.05, 4.69) is 47.1 Å². The van der Waals surface area contributed by atoms with Crippen LogP contribution < -0.4 is 5.32 Å². The lowest BCUT2D eigenvalue weighted by molar-refractivity contribution is 0.102. The summed E-state index contributed by atoms with van der Waals surface area (Å²) in [5, 5.41) is 2.68. The van der Waals surface area contributed by atoms with E-state index in [0.29, 0.717) is 16.0 Å². The van der Waals surface area contributed by atoms with Crippen LogP contribution in [0.25, 0.3) is 0 Å². The van der Waals surface area contributed by atoms with Crippen molar-refractivity contribution in [3.63, 3.8) is 0 Å². The lowest BCUT2D eigenvalue weighted by atomic mass is 10.1. The average molecular weight is 371 g/mol. The van der Waals surface area contributed by atoms with Crippen LogP contribution in [0.15, 0.2) is 39.7 Å². The molecule has 2 aromatic rings. The van der Waals surface area contributed by atoms with Gasteiger partial charge in [0.1, 0.15) is 4.60 Å². The zero-order valence-electron chi connectivity index (χ0n) is 9.45. The number of nitrogens with zero attached hydrogens (tertiary/aromatic N) is 2. The molecule has 0 unspecified atom stereocenters. The number of hydrogen-bond donors (Lipinski definition) is 1. The maximum absolute atomic E-state index is 12.0. The van der Waals surface area contributed by atoms with Gasteiger partial charge in [0, 0.05) is 10.0 Å². The van der Waals surface area contributed by atoms with Crippen molar-refractivity contribution in [1.29, 1.82) is 0 Å². The summed E-state index contributed by atoms with van der Waals surface area (Å²) in [7, 11) is 0. The van der Waals surface area contributed by atoms with E-state index < -0.39 is 0 Å². The van der Waals surface area contributed by atoms with Crippen LogP contribution in [0.4, 0.5) is 5.82 Å². The number of hydrogen-bond acceptors (Lipinski definition) is 3. The first-order chi connectivity index (χ1) is 8.56. The zero-order chi connectivity index (χ0) is 13.1. The number of halogens is 2. The lowest BCUT2D eigenvalue weighted by Crippen LogP contribution is -2.13. The van der Waals surface area contributed by atoms with Gasteiger partial charge in [0.2, 0.25) is 0 Å². The minimum Gasteiger partial charge on any atom is -0.305 e. The minimum absolute atomic E-state index is 0.215. The molecule has 4 nitrogen and oxygen atoms in total. The number of aromatic nitrogens is 2. The zero-order valence-corrected chi connectivity index (χ0v) is 12.6. The van der Waals surface area contributed by atoms with Crippen LogP contribution in [0, 0.1) is 6.92 Å². The number of rotatable bonds is 2. The monoisotopic (exact) mass is 369 g/mol. The molecule has 1 amide bonds. The Morgan fingerprint density at radius 2 is 2.00 bits per heavy atom. The van der Waals surface area contributed by atoms with Gasteiger partial charge in [0.25, 0.3) is 5.91 Å². The van der Waals surface area contributed by atoms with Crippen molar-refractivity contribution in [3.05, 3.63) is 50.8 Å². The van der Waals surface area contributed by atoms with E-state index >= 15 is 0 Å². The highest BCUT2D eigenvalue weighted by atomic mass is 79.9. The van der Waals surface area contributed by atoms with E-state index in [1.807, 2.05) is 13.0 Å². The highest BCUT2D eigenvalue weighted by Gasteiger charge is 2.08. The molecule has 18 heavy (non-hydrogen) atoms. The number of aryl methyl sites for hydroxylation is 1. The van der Waals surface area contributed by atoms with Crippen molar-refractivity contribution in [2.24, 2.45) is 0 Å². The van der Waals surface area contributed by atoms with E-state index in [0.717, 1.165) is 10.0 Å². The Hall–Kier alpha value is -1.27. The van der Waals surface area contributed by atoms with Gasteiger partial charge in [-0.05, 0) is 40.5 Å². The Morgan fingerprint density at radius 1 is 1.22 bits per heavy atom. The van der Waals surface area contributed by atoms with E-state index in [4.69, 9.17) is 0 Å². The number of carbonyl (C=O) groups excluding carboxylic acids is 1. The number of carbonyl (C=O) groups is 1. The molecule has 1 N–H and O–H groups in total. The summed E-state index contributed by atoms with van der Waals surface area (Å²) in [6.07, 6.45) is 3.02.